The zero-order valence-electron chi connectivity index (χ0n) is 15.3. The van der Waals surface area contributed by atoms with Gasteiger partial charge in [0.05, 0.1) is 6.04 Å². The van der Waals surface area contributed by atoms with Crippen molar-refractivity contribution in [1.29, 1.82) is 0 Å². The van der Waals surface area contributed by atoms with Gasteiger partial charge in [-0.25, -0.2) is 4.98 Å². The van der Waals surface area contributed by atoms with E-state index in [2.05, 4.69) is 15.3 Å². The molecule has 1 atom stereocenters. The van der Waals surface area contributed by atoms with E-state index >= 15 is 0 Å². The van der Waals surface area contributed by atoms with Crippen LogP contribution in [0.4, 0.5) is 11.8 Å². The van der Waals surface area contributed by atoms with Crippen LogP contribution in [0.15, 0.2) is 66.9 Å². The van der Waals surface area contributed by atoms with Crippen LogP contribution >= 0.6 is 0 Å². The SMILES string of the molecule is CCN(C(=O)c1cccc(O)c1)c1ccnc(N[C@@H](C)c2ccccc2)n1. The highest BCUT2D eigenvalue weighted by atomic mass is 16.3. The van der Waals surface area contributed by atoms with Crippen LogP contribution < -0.4 is 10.2 Å². The highest BCUT2D eigenvalue weighted by molar-refractivity contribution is 6.05. The summed E-state index contributed by atoms with van der Waals surface area (Å²) in [4.78, 5) is 23.1. The van der Waals surface area contributed by atoms with Crippen LogP contribution in [0.2, 0.25) is 0 Å². The molecule has 138 valence electrons. The lowest BCUT2D eigenvalue weighted by molar-refractivity contribution is 0.0987. The van der Waals surface area contributed by atoms with Crippen LogP contribution in [-0.4, -0.2) is 27.5 Å². The van der Waals surface area contributed by atoms with E-state index in [1.807, 2.05) is 44.2 Å². The molecule has 0 saturated carbocycles. The van der Waals surface area contributed by atoms with Gasteiger partial charge in [-0.1, -0.05) is 36.4 Å². The van der Waals surface area contributed by atoms with Gasteiger partial charge in [0.1, 0.15) is 11.6 Å². The first-order valence-corrected chi connectivity index (χ1v) is 8.84. The molecule has 0 spiro atoms. The van der Waals surface area contributed by atoms with Gasteiger partial charge in [0.2, 0.25) is 5.95 Å². The summed E-state index contributed by atoms with van der Waals surface area (Å²) < 4.78 is 0. The van der Waals surface area contributed by atoms with Gasteiger partial charge in [0.25, 0.3) is 5.91 Å². The number of anilines is 2. The quantitative estimate of drug-likeness (QED) is 0.692. The Balaban J connectivity index is 1.81. The lowest BCUT2D eigenvalue weighted by Gasteiger charge is -2.21. The highest BCUT2D eigenvalue weighted by Gasteiger charge is 2.18. The average molecular weight is 362 g/mol. The normalized spacial score (nSPS) is 11.6. The van der Waals surface area contributed by atoms with Crippen molar-refractivity contribution >= 4 is 17.7 Å². The Morgan fingerprint density at radius 2 is 1.93 bits per heavy atom. The van der Waals surface area contributed by atoms with Crippen LogP contribution in [0, 0.1) is 0 Å². The number of aromatic hydroxyl groups is 1. The van der Waals surface area contributed by atoms with E-state index in [-0.39, 0.29) is 17.7 Å². The van der Waals surface area contributed by atoms with E-state index in [1.54, 1.807) is 29.3 Å². The monoisotopic (exact) mass is 362 g/mol. The van der Waals surface area contributed by atoms with Gasteiger partial charge >= 0.3 is 0 Å². The van der Waals surface area contributed by atoms with Crippen LogP contribution in [0.5, 0.6) is 5.75 Å². The summed E-state index contributed by atoms with van der Waals surface area (Å²) in [5.41, 5.74) is 1.53. The molecule has 1 aromatic heterocycles. The third kappa shape index (κ3) is 4.41. The van der Waals surface area contributed by atoms with E-state index in [9.17, 15) is 9.90 Å². The predicted octanol–water partition coefficient (Wildman–Crippen LogP) is 4.02. The molecule has 1 amide bonds. The van der Waals surface area contributed by atoms with E-state index < -0.39 is 0 Å². The predicted molar refractivity (Wildman–Crippen MR) is 106 cm³/mol. The topological polar surface area (TPSA) is 78.4 Å². The molecule has 3 rings (SSSR count). The van der Waals surface area contributed by atoms with E-state index in [1.165, 1.54) is 12.1 Å². The summed E-state index contributed by atoms with van der Waals surface area (Å²) >= 11 is 0. The average Bonchev–Trinajstić information content (AvgIpc) is 2.69. The molecule has 6 nitrogen and oxygen atoms in total. The minimum absolute atomic E-state index is 0.0262. The van der Waals surface area contributed by atoms with Gasteiger partial charge in [0, 0.05) is 18.3 Å². The first kappa shape index (κ1) is 18.4. The molecule has 0 radical (unpaired) electrons. The minimum Gasteiger partial charge on any atom is -0.508 e. The molecule has 6 heteroatoms. The van der Waals surface area contributed by atoms with Gasteiger partial charge in [-0.2, -0.15) is 4.98 Å². The van der Waals surface area contributed by atoms with Crippen molar-refractivity contribution in [1.82, 2.24) is 9.97 Å². The standard InChI is InChI=1S/C21H22N4O2/c1-3-25(20(27)17-10-7-11-18(26)14-17)19-12-13-22-21(24-19)23-15(2)16-8-5-4-6-9-16/h4-15,26H,3H2,1-2H3,(H,22,23,24)/t15-/m0/s1. The number of amides is 1. The molecule has 0 aliphatic carbocycles. The summed E-state index contributed by atoms with van der Waals surface area (Å²) in [6, 6.07) is 18.0. The number of carbonyl (C=O) groups is 1. The van der Waals surface area contributed by atoms with Gasteiger partial charge in [-0.05, 0) is 43.7 Å². The van der Waals surface area contributed by atoms with Crippen LogP contribution in [0.25, 0.3) is 0 Å². The lowest BCUT2D eigenvalue weighted by Crippen LogP contribution is -2.31. The Hall–Kier alpha value is -3.41. The molecule has 0 fully saturated rings. The Morgan fingerprint density at radius 3 is 2.63 bits per heavy atom. The summed E-state index contributed by atoms with van der Waals surface area (Å²) in [7, 11) is 0. The van der Waals surface area contributed by atoms with Crippen molar-refractivity contribution in [2.45, 2.75) is 19.9 Å². The molecule has 27 heavy (non-hydrogen) atoms. The van der Waals surface area contributed by atoms with Crippen molar-refractivity contribution in [2.75, 3.05) is 16.8 Å². The van der Waals surface area contributed by atoms with Gasteiger partial charge in [0.15, 0.2) is 0 Å². The first-order chi connectivity index (χ1) is 13.1. The summed E-state index contributed by atoms with van der Waals surface area (Å²) in [6.45, 7) is 4.35. The molecular weight excluding hydrogens is 340 g/mol. The number of benzene rings is 2. The maximum absolute atomic E-state index is 12.8. The fraction of sp³-hybridized carbons (Fsp3) is 0.190. The number of hydrogen-bond donors (Lipinski definition) is 2. The van der Waals surface area contributed by atoms with Gasteiger partial charge in [-0.15, -0.1) is 0 Å². The zero-order chi connectivity index (χ0) is 19.2. The number of nitrogens with zero attached hydrogens (tertiary/aromatic N) is 3. The van der Waals surface area contributed by atoms with E-state index in [0.29, 0.717) is 23.9 Å². The summed E-state index contributed by atoms with van der Waals surface area (Å²) in [6.07, 6.45) is 1.63. The molecule has 0 unspecified atom stereocenters. The second kappa shape index (κ2) is 8.31. The molecule has 0 aliphatic heterocycles. The zero-order valence-corrected chi connectivity index (χ0v) is 15.3. The van der Waals surface area contributed by atoms with E-state index in [0.717, 1.165) is 5.56 Å². The third-order valence-electron chi connectivity index (χ3n) is 4.22. The number of carbonyl (C=O) groups excluding carboxylic acids is 1. The Kier molecular flexibility index (Phi) is 5.66. The third-order valence-corrected chi connectivity index (χ3v) is 4.22. The molecule has 1 heterocycles. The minimum atomic E-state index is -0.228. The fourth-order valence-electron chi connectivity index (χ4n) is 2.79. The van der Waals surface area contributed by atoms with Crippen molar-refractivity contribution in [2.24, 2.45) is 0 Å². The Bertz CT molecular complexity index is 915. The molecule has 3 aromatic rings. The van der Waals surface area contributed by atoms with Gasteiger partial charge < -0.3 is 10.4 Å². The maximum atomic E-state index is 12.8. The molecule has 2 N–H and O–H groups in total. The van der Waals surface area contributed by atoms with Crippen LogP contribution in [0.3, 0.4) is 0 Å². The maximum Gasteiger partial charge on any atom is 0.259 e. The smallest absolute Gasteiger partial charge is 0.259 e. The number of rotatable bonds is 6. The number of phenolic OH excluding ortho intramolecular Hbond substituents is 1. The summed E-state index contributed by atoms with van der Waals surface area (Å²) in [5, 5.41) is 12.9. The second-order valence-corrected chi connectivity index (χ2v) is 6.11. The number of phenols is 1. The van der Waals surface area contributed by atoms with Crippen LogP contribution in [0.1, 0.15) is 35.8 Å². The second-order valence-electron chi connectivity index (χ2n) is 6.11. The number of nitrogens with one attached hydrogen (secondary N) is 1. The number of aromatic nitrogens is 2. The molecule has 0 aliphatic rings. The summed E-state index contributed by atoms with van der Waals surface area (Å²) in [5.74, 6) is 0.780. The van der Waals surface area contributed by atoms with Crippen molar-refractivity contribution in [3.8, 4) is 5.75 Å². The highest BCUT2D eigenvalue weighted by Crippen LogP contribution is 2.20. The molecule has 2 aromatic carbocycles. The largest absolute Gasteiger partial charge is 0.508 e. The van der Waals surface area contributed by atoms with Crippen LogP contribution in [-0.2, 0) is 0 Å². The lowest BCUT2D eigenvalue weighted by atomic mass is 10.1. The number of hydrogen-bond acceptors (Lipinski definition) is 5. The van der Waals surface area contributed by atoms with Crippen molar-refractivity contribution in [3.63, 3.8) is 0 Å². The Labute approximate surface area is 158 Å². The van der Waals surface area contributed by atoms with Gasteiger partial charge in [-0.3, -0.25) is 9.69 Å². The fourth-order valence-corrected chi connectivity index (χ4v) is 2.79. The van der Waals surface area contributed by atoms with Crippen molar-refractivity contribution < 1.29 is 9.90 Å². The molecular formula is C21H22N4O2. The molecule has 0 saturated heterocycles. The Morgan fingerprint density at radius 1 is 1.15 bits per heavy atom. The molecule has 0 bridgehead atoms. The van der Waals surface area contributed by atoms with E-state index in [4.69, 9.17) is 0 Å². The van der Waals surface area contributed by atoms with Crippen molar-refractivity contribution in [3.05, 3.63) is 78.0 Å². The first-order valence-electron chi connectivity index (χ1n) is 8.84.